The van der Waals surface area contributed by atoms with Gasteiger partial charge in [-0.05, 0) is 37.1 Å². The molecule has 0 saturated carbocycles. The third-order valence-corrected chi connectivity index (χ3v) is 5.01. The topological polar surface area (TPSA) is 132 Å². The minimum absolute atomic E-state index is 0.0104. The van der Waals surface area contributed by atoms with Gasteiger partial charge in [0.25, 0.3) is 0 Å². The average molecular weight is 497 g/mol. The fourth-order valence-corrected chi connectivity index (χ4v) is 3.11. The molecule has 0 radical (unpaired) electrons. The van der Waals surface area contributed by atoms with Crippen LogP contribution in [0.25, 0.3) is 0 Å². The van der Waals surface area contributed by atoms with Crippen LogP contribution in [-0.4, -0.2) is 49.3 Å². The van der Waals surface area contributed by atoms with Crippen LogP contribution in [0.2, 0.25) is 0 Å². The number of ether oxygens (including phenoxy) is 3. The summed E-state index contributed by atoms with van der Waals surface area (Å²) in [4.78, 5) is 48.6. The van der Waals surface area contributed by atoms with Crippen LogP contribution in [-0.2, 0) is 14.3 Å². The number of hydrogen-bond acceptors (Lipinski definition) is 8. The summed E-state index contributed by atoms with van der Waals surface area (Å²) in [6.45, 7) is 7.50. The van der Waals surface area contributed by atoms with Crippen LogP contribution in [0.5, 0.6) is 5.75 Å². The molecule has 0 spiro atoms. The van der Waals surface area contributed by atoms with Gasteiger partial charge in [0.05, 0.1) is 13.2 Å². The molecular formula is C27H32N2O7. The second kappa shape index (κ2) is 13.8. The lowest BCUT2D eigenvalue weighted by Crippen LogP contribution is -2.31. The molecule has 2 aromatic rings. The zero-order valence-corrected chi connectivity index (χ0v) is 21.0. The van der Waals surface area contributed by atoms with E-state index in [-0.39, 0.29) is 49.6 Å². The van der Waals surface area contributed by atoms with Crippen molar-refractivity contribution in [1.29, 1.82) is 5.41 Å². The predicted molar refractivity (Wildman–Crippen MR) is 134 cm³/mol. The molecule has 0 aliphatic heterocycles. The number of Topliss-reactive ketones (excluding diaryl/α,β-unsaturated/α-hetero) is 2. The first-order valence-corrected chi connectivity index (χ1v) is 11.7. The van der Waals surface area contributed by atoms with E-state index in [4.69, 9.17) is 19.6 Å². The number of esters is 1. The Balaban J connectivity index is 1.89. The van der Waals surface area contributed by atoms with Gasteiger partial charge in [-0.2, -0.15) is 0 Å². The third kappa shape index (κ3) is 8.98. The fourth-order valence-electron chi connectivity index (χ4n) is 3.11. The largest absolute Gasteiger partial charge is 0.482 e. The lowest BCUT2D eigenvalue weighted by molar-refractivity contribution is -0.145. The van der Waals surface area contributed by atoms with Gasteiger partial charge in [-0.3, -0.25) is 20.3 Å². The number of rotatable bonds is 12. The summed E-state index contributed by atoms with van der Waals surface area (Å²) in [6.07, 6.45) is -0.698. The zero-order valence-electron chi connectivity index (χ0n) is 21.0. The predicted octanol–water partition coefficient (Wildman–Crippen LogP) is 4.43. The highest BCUT2D eigenvalue weighted by Crippen LogP contribution is 2.19. The van der Waals surface area contributed by atoms with Gasteiger partial charge in [0.1, 0.15) is 11.6 Å². The second-order valence-corrected chi connectivity index (χ2v) is 8.58. The van der Waals surface area contributed by atoms with Gasteiger partial charge in [0.2, 0.25) is 0 Å². The van der Waals surface area contributed by atoms with Crippen LogP contribution in [0.3, 0.4) is 0 Å². The molecule has 9 nitrogen and oxygen atoms in total. The summed E-state index contributed by atoms with van der Waals surface area (Å²) < 4.78 is 15.1. The molecule has 192 valence electrons. The van der Waals surface area contributed by atoms with E-state index in [1.807, 2.05) is 13.8 Å². The number of hydrogen-bond donors (Lipinski definition) is 2. The molecule has 0 bridgehead atoms. The van der Waals surface area contributed by atoms with Gasteiger partial charge >= 0.3 is 12.1 Å². The van der Waals surface area contributed by atoms with E-state index in [1.54, 1.807) is 62.4 Å². The summed E-state index contributed by atoms with van der Waals surface area (Å²) >= 11 is 0. The van der Waals surface area contributed by atoms with Crippen molar-refractivity contribution in [3.63, 3.8) is 0 Å². The van der Waals surface area contributed by atoms with E-state index >= 15 is 0 Å². The third-order valence-electron chi connectivity index (χ3n) is 5.01. The zero-order chi connectivity index (χ0) is 26.7. The summed E-state index contributed by atoms with van der Waals surface area (Å²) in [5.41, 5.74) is 1.25. The van der Waals surface area contributed by atoms with Crippen LogP contribution < -0.4 is 10.1 Å². The maximum absolute atomic E-state index is 12.8. The minimum atomic E-state index is -0.709. The molecule has 0 aliphatic rings. The summed E-state index contributed by atoms with van der Waals surface area (Å²) in [5.74, 6) is -0.969. The maximum Gasteiger partial charge on any atom is 0.412 e. The van der Waals surface area contributed by atoms with Crippen LogP contribution in [0.1, 0.15) is 60.4 Å². The number of benzene rings is 2. The van der Waals surface area contributed by atoms with E-state index in [2.05, 4.69) is 5.32 Å². The van der Waals surface area contributed by atoms with Gasteiger partial charge in [-0.15, -0.1) is 0 Å². The first kappa shape index (κ1) is 28.2. The Hall–Kier alpha value is -4.01. The van der Waals surface area contributed by atoms with Crippen LogP contribution in [0.15, 0.2) is 48.5 Å². The lowest BCUT2D eigenvalue weighted by Gasteiger charge is -2.12. The fraction of sp³-hybridized carbons (Fsp3) is 0.370. The standard InChI is InChI=1S/C27H32N2O7/c1-5-34-24(31)16-35-22-12-10-20(11-13-22)25(32)18(4)14-23(30)19-6-8-21(9-7-19)26(28)29-27(33)36-15-17(2)3/h6-13,17-18H,5,14-16H2,1-4H3,(H2,28,29,33). The van der Waals surface area contributed by atoms with Crippen molar-refractivity contribution in [3.05, 3.63) is 65.2 Å². The highest BCUT2D eigenvalue weighted by molar-refractivity contribution is 6.06. The van der Waals surface area contributed by atoms with Gasteiger partial charge in [-0.25, -0.2) is 9.59 Å². The van der Waals surface area contributed by atoms with Crippen molar-refractivity contribution < 1.29 is 33.4 Å². The Morgan fingerprint density at radius 2 is 1.44 bits per heavy atom. The first-order chi connectivity index (χ1) is 17.1. The van der Waals surface area contributed by atoms with Crippen molar-refractivity contribution in [1.82, 2.24) is 5.32 Å². The molecule has 1 atom stereocenters. The van der Waals surface area contributed by atoms with E-state index in [0.29, 0.717) is 22.4 Å². The van der Waals surface area contributed by atoms with E-state index in [9.17, 15) is 19.2 Å². The molecule has 0 fully saturated rings. The Morgan fingerprint density at radius 1 is 0.861 bits per heavy atom. The molecule has 2 aromatic carbocycles. The monoisotopic (exact) mass is 496 g/mol. The van der Waals surface area contributed by atoms with Gasteiger partial charge in [0, 0.05) is 29.0 Å². The normalized spacial score (nSPS) is 11.4. The second-order valence-electron chi connectivity index (χ2n) is 8.58. The van der Waals surface area contributed by atoms with Gasteiger partial charge < -0.3 is 14.2 Å². The van der Waals surface area contributed by atoms with Crippen molar-refractivity contribution in [2.45, 2.75) is 34.1 Å². The first-order valence-electron chi connectivity index (χ1n) is 11.7. The van der Waals surface area contributed by atoms with Crippen LogP contribution >= 0.6 is 0 Å². The molecule has 0 aliphatic carbocycles. The molecule has 1 unspecified atom stereocenters. The highest BCUT2D eigenvalue weighted by Gasteiger charge is 2.20. The Morgan fingerprint density at radius 3 is 2.03 bits per heavy atom. The molecule has 0 heterocycles. The molecule has 1 amide bonds. The minimum Gasteiger partial charge on any atom is -0.482 e. The molecule has 0 aromatic heterocycles. The van der Waals surface area contributed by atoms with Crippen molar-refractivity contribution >= 4 is 29.5 Å². The van der Waals surface area contributed by atoms with E-state index in [1.165, 1.54) is 0 Å². The quantitative estimate of drug-likeness (QED) is 0.192. The van der Waals surface area contributed by atoms with Crippen molar-refractivity contribution in [2.24, 2.45) is 11.8 Å². The van der Waals surface area contributed by atoms with Crippen molar-refractivity contribution in [3.8, 4) is 5.75 Å². The number of alkyl carbamates (subject to hydrolysis) is 1. The molecule has 0 saturated heterocycles. The van der Waals surface area contributed by atoms with E-state index in [0.717, 1.165) is 0 Å². The summed E-state index contributed by atoms with van der Waals surface area (Å²) in [7, 11) is 0. The molecule has 9 heteroatoms. The number of amides is 1. The maximum atomic E-state index is 12.8. The number of amidine groups is 1. The Bertz CT molecular complexity index is 1080. The number of carbonyl (C=O) groups excluding carboxylic acids is 4. The number of nitrogens with one attached hydrogen (secondary N) is 2. The van der Waals surface area contributed by atoms with E-state index < -0.39 is 18.0 Å². The van der Waals surface area contributed by atoms with Gasteiger partial charge in [-0.1, -0.05) is 45.0 Å². The molecular weight excluding hydrogens is 464 g/mol. The SMILES string of the molecule is CCOC(=O)COc1ccc(C(=O)C(C)CC(=O)c2ccc(C(=N)NC(=O)OCC(C)C)cc2)cc1. The highest BCUT2D eigenvalue weighted by atomic mass is 16.6. The average Bonchev–Trinajstić information content (AvgIpc) is 2.86. The lowest BCUT2D eigenvalue weighted by atomic mass is 9.92. The van der Waals surface area contributed by atoms with Crippen molar-refractivity contribution in [2.75, 3.05) is 19.8 Å². The summed E-state index contributed by atoms with van der Waals surface area (Å²) in [6, 6.07) is 12.6. The molecule has 2 N–H and O–H groups in total. The Kier molecular flexibility index (Phi) is 10.8. The number of ketones is 2. The Labute approximate surface area is 210 Å². The van der Waals surface area contributed by atoms with Gasteiger partial charge in [0.15, 0.2) is 18.2 Å². The smallest absolute Gasteiger partial charge is 0.412 e. The van der Waals surface area contributed by atoms with Crippen LogP contribution in [0.4, 0.5) is 4.79 Å². The molecule has 36 heavy (non-hydrogen) atoms. The molecule has 2 rings (SSSR count). The van der Waals surface area contributed by atoms with Crippen LogP contribution in [0, 0.1) is 17.2 Å². The summed E-state index contributed by atoms with van der Waals surface area (Å²) in [5, 5.41) is 10.3. The number of carbonyl (C=O) groups is 4.